The van der Waals surface area contributed by atoms with Gasteiger partial charge in [-0.15, -0.1) is 10.2 Å². The van der Waals surface area contributed by atoms with Crippen LogP contribution < -0.4 is 9.64 Å². The number of thioether (sulfide) groups is 1. The zero-order chi connectivity index (χ0) is 25.5. The van der Waals surface area contributed by atoms with Crippen molar-refractivity contribution in [2.75, 3.05) is 24.3 Å². The molecule has 0 aliphatic heterocycles. The number of methoxy groups -OCH3 is 1. The summed E-state index contributed by atoms with van der Waals surface area (Å²) in [5.41, 5.74) is 4.73. The Morgan fingerprint density at radius 2 is 1.81 bits per heavy atom. The molecule has 36 heavy (non-hydrogen) atoms. The van der Waals surface area contributed by atoms with Gasteiger partial charge in [-0.05, 0) is 73.5 Å². The fraction of sp³-hybridized carbons (Fsp3) is 0.222. The zero-order valence-electron chi connectivity index (χ0n) is 20.4. The Hall–Kier alpha value is -4.16. The van der Waals surface area contributed by atoms with Crippen LogP contribution in [0.5, 0.6) is 5.75 Å². The minimum absolute atomic E-state index is 0.103. The summed E-state index contributed by atoms with van der Waals surface area (Å²) < 4.78 is 7.22. The lowest BCUT2D eigenvalue weighted by Gasteiger charge is -2.22. The van der Waals surface area contributed by atoms with Crippen LogP contribution in [0.1, 0.15) is 17.5 Å². The molecule has 0 aliphatic rings. The van der Waals surface area contributed by atoms with E-state index in [1.54, 1.807) is 24.4 Å². The molecule has 9 heteroatoms. The number of amides is 1. The maximum Gasteiger partial charge on any atom is 0.237 e. The number of ether oxygens (including phenoxy) is 1. The number of hydrogen-bond donors (Lipinski definition) is 0. The summed E-state index contributed by atoms with van der Waals surface area (Å²) in [6.45, 7) is 4.37. The van der Waals surface area contributed by atoms with Crippen molar-refractivity contribution in [3.05, 3.63) is 78.1 Å². The van der Waals surface area contributed by atoms with Crippen molar-refractivity contribution >= 4 is 23.4 Å². The van der Waals surface area contributed by atoms with Crippen LogP contribution in [-0.4, -0.2) is 45.1 Å². The zero-order valence-corrected chi connectivity index (χ0v) is 21.2. The van der Waals surface area contributed by atoms with E-state index in [1.807, 2.05) is 73.0 Å². The van der Waals surface area contributed by atoms with Gasteiger partial charge in [0.25, 0.3) is 0 Å². The number of hydrogen-bond acceptors (Lipinski definition) is 7. The first kappa shape index (κ1) is 24.9. The van der Waals surface area contributed by atoms with Gasteiger partial charge in [0.15, 0.2) is 11.0 Å². The lowest BCUT2D eigenvalue weighted by molar-refractivity contribution is -0.116. The molecule has 0 radical (unpaired) electrons. The summed E-state index contributed by atoms with van der Waals surface area (Å²) in [5, 5.41) is 18.5. The Kier molecular flexibility index (Phi) is 7.98. The first-order valence-corrected chi connectivity index (χ1v) is 12.4. The van der Waals surface area contributed by atoms with Crippen LogP contribution in [0.3, 0.4) is 0 Å². The normalized spacial score (nSPS) is 10.6. The first-order chi connectivity index (χ1) is 17.5. The van der Waals surface area contributed by atoms with Crippen molar-refractivity contribution in [2.45, 2.75) is 25.4 Å². The fourth-order valence-electron chi connectivity index (χ4n) is 3.67. The second kappa shape index (κ2) is 11.5. The fourth-order valence-corrected chi connectivity index (χ4v) is 4.50. The third kappa shape index (κ3) is 5.56. The molecule has 1 amide bonds. The molecule has 0 spiro atoms. The van der Waals surface area contributed by atoms with Gasteiger partial charge in [-0.25, -0.2) is 0 Å². The van der Waals surface area contributed by atoms with Gasteiger partial charge in [-0.3, -0.25) is 14.3 Å². The molecule has 4 aromatic rings. The number of nitriles is 1. The molecule has 8 nitrogen and oxygen atoms in total. The highest BCUT2D eigenvalue weighted by Gasteiger charge is 2.21. The van der Waals surface area contributed by atoms with Crippen molar-refractivity contribution in [2.24, 2.45) is 0 Å². The van der Waals surface area contributed by atoms with Crippen LogP contribution in [0.2, 0.25) is 0 Å². The van der Waals surface area contributed by atoms with Crippen LogP contribution in [0, 0.1) is 25.2 Å². The van der Waals surface area contributed by atoms with Crippen LogP contribution in [-0.2, 0) is 4.79 Å². The Balaban J connectivity index is 1.63. The number of benzene rings is 2. The van der Waals surface area contributed by atoms with Gasteiger partial charge in [0, 0.05) is 35.9 Å². The molecule has 0 saturated heterocycles. The van der Waals surface area contributed by atoms with Gasteiger partial charge in [0.1, 0.15) is 5.75 Å². The van der Waals surface area contributed by atoms with E-state index >= 15 is 0 Å². The molecule has 0 unspecified atom stereocenters. The standard InChI is InChI=1S/C27H26N6O2S/c1-19-5-6-23(17-20(19)2)32(16-4-13-28)25(34)18-36-27-31-30-26(21-11-14-29-15-12-21)33(27)22-7-9-24(35-3)10-8-22/h5-12,14-15,17H,4,16,18H2,1-3H3. The summed E-state index contributed by atoms with van der Waals surface area (Å²) in [6.07, 6.45) is 3.66. The van der Waals surface area contributed by atoms with Crippen LogP contribution >= 0.6 is 11.8 Å². The molecule has 0 N–H and O–H groups in total. The predicted molar refractivity (Wildman–Crippen MR) is 140 cm³/mol. The third-order valence-corrected chi connectivity index (χ3v) is 6.69. The average molecular weight is 499 g/mol. The second-order valence-electron chi connectivity index (χ2n) is 8.09. The highest BCUT2D eigenvalue weighted by Crippen LogP contribution is 2.29. The number of aryl methyl sites for hydroxylation is 2. The molecular formula is C27H26N6O2S. The van der Waals surface area contributed by atoms with Crippen LogP contribution in [0.4, 0.5) is 5.69 Å². The monoisotopic (exact) mass is 498 g/mol. The van der Waals surface area contributed by atoms with Crippen molar-refractivity contribution in [3.63, 3.8) is 0 Å². The summed E-state index contributed by atoms with van der Waals surface area (Å²) in [5.74, 6) is 1.42. The van der Waals surface area contributed by atoms with Gasteiger partial charge >= 0.3 is 0 Å². The van der Waals surface area contributed by atoms with Gasteiger partial charge in [-0.1, -0.05) is 17.8 Å². The average Bonchev–Trinajstić information content (AvgIpc) is 3.34. The smallest absolute Gasteiger partial charge is 0.237 e. The van der Waals surface area contributed by atoms with Gasteiger partial charge in [0.2, 0.25) is 5.91 Å². The largest absolute Gasteiger partial charge is 0.497 e. The van der Waals surface area contributed by atoms with E-state index in [0.29, 0.717) is 17.5 Å². The molecule has 182 valence electrons. The van der Waals surface area contributed by atoms with E-state index in [4.69, 9.17) is 10.00 Å². The summed E-state index contributed by atoms with van der Waals surface area (Å²) >= 11 is 1.31. The van der Waals surface area contributed by atoms with Gasteiger partial charge in [-0.2, -0.15) is 5.26 Å². The van der Waals surface area contributed by atoms with E-state index in [1.165, 1.54) is 11.8 Å². The molecular weight excluding hydrogens is 472 g/mol. The Labute approximate surface area is 214 Å². The van der Waals surface area contributed by atoms with Crippen molar-refractivity contribution in [3.8, 4) is 28.9 Å². The number of anilines is 1. The predicted octanol–water partition coefficient (Wildman–Crippen LogP) is 4.99. The molecule has 2 aromatic carbocycles. The quantitative estimate of drug-likeness (QED) is 0.300. The number of nitrogens with zero attached hydrogens (tertiary/aromatic N) is 6. The van der Waals surface area contributed by atoms with Crippen molar-refractivity contribution in [1.29, 1.82) is 5.26 Å². The van der Waals surface area contributed by atoms with Crippen molar-refractivity contribution < 1.29 is 9.53 Å². The minimum atomic E-state index is -0.103. The molecule has 0 atom stereocenters. The van der Waals surface area contributed by atoms with Crippen molar-refractivity contribution in [1.82, 2.24) is 19.7 Å². The molecule has 0 saturated carbocycles. The molecule has 2 heterocycles. The minimum Gasteiger partial charge on any atom is -0.497 e. The maximum atomic E-state index is 13.3. The maximum absolute atomic E-state index is 13.3. The SMILES string of the molecule is COc1ccc(-n2c(SCC(=O)N(CCC#N)c3ccc(C)c(C)c3)nnc2-c2ccncc2)cc1. The number of rotatable bonds is 9. The molecule has 0 bridgehead atoms. The Morgan fingerprint density at radius 3 is 2.47 bits per heavy atom. The molecule has 2 aromatic heterocycles. The van der Waals surface area contributed by atoms with Crippen LogP contribution in [0.25, 0.3) is 17.1 Å². The number of pyridine rings is 1. The topological polar surface area (TPSA) is 96.9 Å². The van der Waals surface area contributed by atoms with E-state index in [-0.39, 0.29) is 18.1 Å². The Morgan fingerprint density at radius 1 is 1.06 bits per heavy atom. The molecule has 0 fully saturated rings. The van der Waals surface area contributed by atoms with E-state index in [9.17, 15) is 4.79 Å². The van der Waals surface area contributed by atoms with Gasteiger partial charge in [0.05, 0.1) is 25.4 Å². The molecule has 0 aliphatic carbocycles. The first-order valence-electron chi connectivity index (χ1n) is 11.4. The molecule has 4 rings (SSSR count). The van der Waals surface area contributed by atoms with E-state index in [0.717, 1.165) is 33.8 Å². The highest BCUT2D eigenvalue weighted by atomic mass is 32.2. The lowest BCUT2D eigenvalue weighted by atomic mass is 10.1. The van der Waals surface area contributed by atoms with Gasteiger partial charge < -0.3 is 9.64 Å². The third-order valence-electron chi connectivity index (χ3n) is 5.78. The lowest BCUT2D eigenvalue weighted by Crippen LogP contribution is -2.33. The highest BCUT2D eigenvalue weighted by molar-refractivity contribution is 7.99. The number of aromatic nitrogens is 4. The number of carbonyl (C=O) groups is 1. The van der Waals surface area contributed by atoms with E-state index in [2.05, 4.69) is 21.3 Å². The summed E-state index contributed by atoms with van der Waals surface area (Å²) in [7, 11) is 1.62. The summed E-state index contributed by atoms with van der Waals surface area (Å²) in [4.78, 5) is 19.1. The second-order valence-corrected chi connectivity index (χ2v) is 9.03. The van der Waals surface area contributed by atoms with E-state index < -0.39 is 0 Å². The van der Waals surface area contributed by atoms with Crippen LogP contribution in [0.15, 0.2) is 72.1 Å². The Bertz CT molecular complexity index is 1380. The summed E-state index contributed by atoms with van der Waals surface area (Å²) in [6, 6.07) is 19.4. The number of carbonyl (C=O) groups excluding carboxylic acids is 1.